The van der Waals surface area contributed by atoms with Crippen LogP contribution in [0, 0.1) is 0 Å². The van der Waals surface area contributed by atoms with Crippen LogP contribution in [0.4, 0.5) is 0 Å². The number of nitrogens with two attached hydrogens (primary N) is 1. The largest absolute Gasteiger partial charge is 0.477 e. The summed E-state index contributed by atoms with van der Waals surface area (Å²) in [4.78, 5) is 24.6. The third-order valence-electron chi connectivity index (χ3n) is 3.25. The molecule has 0 aromatic carbocycles. The van der Waals surface area contributed by atoms with Crippen LogP contribution in [0.2, 0.25) is 0 Å². The molecule has 1 amide bonds. The van der Waals surface area contributed by atoms with Gasteiger partial charge >= 0.3 is 5.97 Å². The zero-order valence-corrected chi connectivity index (χ0v) is 12.6. The van der Waals surface area contributed by atoms with Gasteiger partial charge in [0, 0.05) is 18.6 Å². The number of carbonyl (C=O) groups is 2. The van der Waals surface area contributed by atoms with Gasteiger partial charge in [0.05, 0.1) is 0 Å². The van der Waals surface area contributed by atoms with E-state index in [1.54, 1.807) is 7.05 Å². The molecule has 1 aromatic heterocycles. The first-order valence-electron chi connectivity index (χ1n) is 6.01. The van der Waals surface area contributed by atoms with Gasteiger partial charge in [-0.3, -0.25) is 9.69 Å². The first kappa shape index (κ1) is 14.4. The van der Waals surface area contributed by atoms with Crippen LogP contribution in [0.1, 0.15) is 0 Å². The van der Waals surface area contributed by atoms with Crippen LogP contribution in [0.3, 0.4) is 0 Å². The molecule has 0 radical (unpaired) electrons. The maximum absolute atomic E-state index is 11.8. The van der Waals surface area contributed by atoms with Crippen molar-refractivity contribution < 1.29 is 14.7 Å². The van der Waals surface area contributed by atoms with Gasteiger partial charge in [0.15, 0.2) is 0 Å². The molecule has 2 aliphatic rings. The van der Waals surface area contributed by atoms with Crippen molar-refractivity contribution in [3.8, 4) is 0 Å². The molecule has 9 nitrogen and oxygen atoms in total. The van der Waals surface area contributed by atoms with Gasteiger partial charge in [0.1, 0.15) is 17.1 Å². The van der Waals surface area contributed by atoms with Crippen LogP contribution in [0.25, 0.3) is 0 Å². The van der Waals surface area contributed by atoms with Crippen molar-refractivity contribution in [1.82, 2.24) is 25.1 Å². The number of thioether (sulfide) groups is 2. The van der Waals surface area contributed by atoms with Gasteiger partial charge in [-0.15, -0.1) is 16.9 Å². The standard InChI is InChI=1S/C10H12N6O3S2/c1-15-10(12-13-14-15)21-3-4-2-20-8-5(11)7(17)16(8)6(4)9(18)19/h5,8H,2-3,11H2,1H3,(H,18,19)/t5?,8-/m0/s1. The summed E-state index contributed by atoms with van der Waals surface area (Å²) in [6, 6.07) is -0.610. The number of aliphatic carboxylic acids is 1. The van der Waals surface area contributed by atoms with Crippen molar-refractivity contribution >= 4 is 35.4 Å². The van der Waals surface area contributed by atoms with E-state index in [0.29, 0.717) is 22.2 Å². The van der Waals surface area contributed by atoms with Gasteiger partial charge in [0.2, 0.25) is 11.1 Å². The molecular formula is C10H12N6O3S2. The van der Waals surface area contributed by atoms with Crippen LogP contribution in [-0.2, 0) is 16.6 Å². The Bertz CT molecular complexity index is 644. The molecule has 2 atom stereocenters. The van der Waals surface area contributed by atoms with E-state index in [2.05, 4.69) is 15.5 Å². The Labute approximate surface area is 127 Å². The Balaban J connectivity index is 1.83. The van der Waals surface area contributed by atoms with Gasteiger partial charge in [-0.2, -0.15) is 0 Å². The SMILES string of the molecule is Cn1nnnc1SCC1=C(C(=O)O)N2C(=O)C(N)[C@@H]2SC1. The molecule has 1 aromatic rings. The predicted molar refractivity (Wildman–Crippen MR) is 75.3 cm³/mol. The second kappa shape index (κ2) is 5.31. The molecule has 0 spiro atoms. The summed E-state index contributed by atoms with van der Waals surface area (Å²) in [5, 5.41) is 20.8. The minimum Gasteiger partial charge on any atom is -0.477 e. The maximum atomic E-state index is 11.8. The number of amides is 1. The minimum atomic E-state index is -1.10. The molecule has 11 heteroatoms. The molecule has 1 fully saturated rings. The summed E-state index contributed by atoms with van der Waals surface area (Å²) in [5.41, 5.74) is 6.42. The van der Waals surface area contributed by atoms with Gasteiger partial charge < -0.3 is 10.8 Å². The number of carboxylic acids is 1. The van der Waals surface area contributed by atoms with E-state index in [9.17, 15) is 14.7 Å². The number of carbonyl (C=O) groups excluding carboxylic acids is 1. The summed E-state index contributed by atoms with van der Waals surface area (Å²) in [6.45, 7) is 0. The van der Waals surface area contributed by atoms with Crippen LogP contribution >= 0.6 is 23.5 Å². The quantitative estimate of drug-likeness (QED) is 0.522. The number of aryl methyl sites for hydroxylation is 1. The monoisotopic (exact) mass is 328 g/mol. The topological polar surface area (TPSA) is 127 Å². The van der Waals surface area contributed by atoms with E-state index in [1.165, 1.54) is 33.1 Å². The van der Waals surface area contributed by atoms with Gasteiger partial charge in [-0.05, 0) is 16.0 Å². The number of hydrogen-bond donors (Lipinski definition) is 2. The molecule has 112 valence electrons. The molecule has 0 aliphatic carbocycles. The summed E-state index contributed by atoms with van der Waals surface area (Å²) < 4.78 is 1.51. The number of carboxylic acid groups (broad SMARTS) is 1. The van der Waals surface area contributed by atoms with Crippen LogP contribution in [0.15, 0.2) is 16.4 Å². The first-order valence-corrected chi connectivity index (χ1v) is 8.05. The molecule has 0 bridgehead atoms. The number of nitrogens with zero attached hydrogens (tertiary/aromatic N) is 5. The minimum absolute atomic E-state index is 0.0491. The van der Waals surface area contributed by atoms with Gasteiger partial charge in [0.25, 0.3) is 0 Å². The highest BCUT2D eigenvalue weighted by Crippen LogP contribution is 2.40. The first-order chi connectivity index (χ1) is 10.0. The maximum Gasteiger partial charge on any atom is 0.352 e. The number of hydrogen-bond acceptors (Lipinski definition) is 8. The molecular weight excluding hydrogens is 316 g/mol. The molecule has 2 aliphatic heterocycles. The fourth-order valence-electron chi connectivity index (χ4n) is 2.19. The van der Waals surface area contributed by atoms with E-state index in [0.717, 1.165) is 0 Å². The number of fused-ring (bicyclic) bond motifs is 1. The zero-order chi connectivity index (χ0) is 15.1. The molecule has 3 heterocycles. The Morgan fingerprint density at radius 3 is 3.00 bits per heavy atom. The van der Waals surface area contributed by atoms with E-state index in [4.69, 9.17) is 5.73 Å². The van der Waals surface area contributed by atoms with Crippen LogP contribution < -0.4 is 5.73 Å². The highest BCUT2D eigenvalue weighted by Gasteiger charge is 2.51. The number of β-lactam (4-membered cyclic amide) rings is 1. The normalized spacial score (nSPS) is 24.9. The van der Waals surface area contributed by atoms with Crippen LogP contribution in [-0.4, -0.2) is 65.0 Å². The van der Waals surface area contributed by atoms with Gasteiger partial charge in [-0.1, -0.05) is 11.8 Å². The number of aromatic nitrogens is 4. The van der Waals surface area contributed by atoms with E-state index in [-0.39, 0.29) is 17.0 Å². The Hall–Kier alpha value is -1.59. The molecule has 3 rings (SSSR count). The molecule has 3 N–H and O–H groups in total. The second-order valence-electron chi connectivity index (χ2n) is 4.57. The second-order valence-corrected chi connectivity index (χ2v) is 6.61. The lowest BCUT2D eigenvalue weighted by Gasteiger charge is -2.48. The Morgan fingerprint density at radius 1 is 1.62 bits per heavy atom. The van der Waals surface area contributed by atoms with E-state index in [1.807, 2.05) is 0 Å². The van der Waals surface area contributed by atoms with Crippen molar-refractivity contribution in [2.45, 2.75) is 16.6 Å². The van der Waals surface area contributed by atoms with Crippen molar-refractivity contribution in [2.75, 3.05) is 11.5 Å². The lowest BCUT2D eigenvalue weighted by molar-refractivity contribution is -0.147. The predicted octanol–water partition coefficient (Wildman–Crippen LogP) is -1.12. The Kier molecular flexibility index (Phi) is 3.63. The number of tetrazole rings is 1. The fourth-order valence-corrected chi connectivity index (χ4v) is 4.47. The van der Waals surface area contributed by atoms with E-state index < -0.39 is 12.0 Å². The molecule has 0 saturated carbocycles. The average Bonchev–Trinajstić information content (AvgIpc) is 2.88. The van der Waals surface area contributed by atoms with Crippen molar-refractivity contribution in [3.05, 3.63) is 11.3 Å². The highest BCUT2D eigenvalue weighted by atomic mass is 32.2. The molecule has 21 heavy (non-hydrogen) atoms. The molecule has 1 unspecified atom stereocenters. The third kappa shape index (κ3) is 2.30. The van der Waals surface area contributed by atoms with Crippen molar-refractivity contribution in [3.63, 3.8) is 0 Å². The molecule has 1 saturated heterocycles. The lowest BCUT2D eigenvalue weighted by atomic mass is 10.0. The number of rotatable bonds is 4. The fraction of sp³-hybridized carbons (Fsp3) is 0.500. The summed E-state index contributed by atoms with van der Waals surface area (Å²) in [5.74, 6) is -0.504. The van der Waals surface area contributed by atoms with E-state index >= 15 is 0 Å². The van der Waals surface area contributed by atoms with Gasteiger partial charge in [-0.25, -0.2) is 9.48 Å². The lowest BCUT2D eigenvalue weighted by Crippen LogP contribution is -2.68. The average molecular weight is 328 g/mol. The van der Waals surface area contributed by atoms with Crippen molar-refractivity contribution in [1.29, 1.82) is 0 Å². The highest BCUT2D eigenvalue weighted by molar-refractivity contribution is 8.01. The Morgan fingerprint density at radius 2 is 2.38 bits per heavy atom. The smallest absolute Gasteiger partial charge is 0.352 e. The third-order valence-corrected chi connectivity index (χ3v) is 5.71. The van der Waals surface area contributed by atoms with Crippen molar-refractivity contribution in [2.24, 2.45) is 12.8 Å². The summed E-state index contributed by atoms with van der Waals surface area (Å²) in [6.07, 6.45) is 0. The summed E-state index contributed by atoms with van der Waals surface area (Å²) >= 11 is 2.82. The van der Waals surface area contributed by atoms with Crippen LogP contribution in [0.5, 0.6) is 0 Å². The summed E-state index contributed by atoms with van der Waals surface area (Å²) in [7, 11) is 1.71. The zero-order valence-electron chi connectivity index (χ0n) is 11.0.